The summed E-state index contributed by atoms with van der Waals surface area (Å²) in [6.07, 6.45) is 2.67. The molecule has 0 spiro atoms. The Balaban J connectivity index is 2.56. The van der Waals surface area contributed by atoms with Crippen LogP contribution in [-0.4, -0.2) is 27.3 Å². The van der Waals surface area contributed by atoms with Gasteiger partial charge in [-0.15, -0.1) is 0 Å². The fourth-order valence-corrected chi connectivity index (χ4v) is 3.44. The van der Waals surface area contributed by atoms with Crippen molar-refractivity contribution >= 4 is 9.84 Å². The van der Waals surface area contributed by atoms with E-state index in [1.165, 1.54) is 5.56 Å². The molecule has 1 atom stereocenters. The normalized spacial score (nSPS) is 13.7. The molecule has 114 valence electrons. The number of rotatable bonds is 8. The van der Waals surface area contributed by atoms with Crippen LogP contribution in [0, 0.1) is 0 Å². The van der Waals surface area contributed by atoms with Gasteiger partial charge in [0.25, 0.3) is 0 Å². The Bertz CT molecular complexity index is 492. The highest BCUT2D eigenvalue weighted by atomic mass is 32.2. The van der Waals surface area contributed by atoms with Crippen LogP contribution in [0.3, 0.4) is 0 Å². The van der Waals surface area contributed by atoms with E-state index < -0.39 is 9.84 Å². The SMILES string of the molecule is CNC(C)CCCCS(=O)(=O)c1ccc(C(C)C)cc1. The molecule has 20 heavy (non-hydrogen) atoms. The zero-order valence-electron chi connectivity index (χ0n) is 13.0. The molecular weight excluding hydrogens is 270 g/mol. The molecular formula is C16H27NO2S. The fraction of sp³-hybridized carbons (Fsp3) is 0.625. The van der Waals surface area contributed by atoms with Crippen molar-refractivity contribution in [1.82, 2.24) is 5.32 Å². The molecule has 3 nitrogen and oxygen atoms in total. The average molecular weight is 297 g/mol. The summed E-state index contributed by atoms with van der Waals surface area (Å²) >= 11 is 0. The van der Waals surface area contributed by atoms with Crippen molar-refractivity contribution in [2.45, 2.75) is 56.9 Å². The summed E-state index contributed by atoms with van der Waals surface area (Å²) in [5.74, 6) is 0.666. The molecule has 0 aliphatic heterocycles. The van der Waals surface area contributed by atoms with E-state index in [2.05, 4.69) is 26.1 Å². The molecule has 0 aromatic heterocycles. The van der Waals surface area contributed by atoms with Crippen molar-refractivity contribution < 1.29 is 8.42 Å². The molecule has 1 aromatic rings. The van der Waals surface area contributed by atoms with Crippen LogP contribution in [0.5, 0.6) is 0 Å². The van der Waals surface area contributed by atoms with Crippen LogP contribution in [0.15, 0.2) is 29.2 Å². The number of hydrogen-bond donors (Lipinski definition) is 1. The fourth-order valence-electron chi connectivity index (χ4n) is 2.06. The Morgan fingerprint density at radius 1 is 1.05 bits per heavy atom. The van der Waals surface area contributed by atoms with Crippen molar-refractivity contribution in [3.8, 4) is 0 Å². The predicted octanol–water partition coefficient (Wildman–Crippen LogP) is 3.36. The maximum absolute atomic E-state index is 12.2. The van der Waals surface area contributed by atoms with Gasteiger partial charge in [0.05, 0.1) is 10.6 Å². The molecule has 1 rings (SSSR count). The molecule has 0 radical (unpaired) electrons. The number of unbranched alkanes of at least 4 members (excludes halogenated alkanes) is 1. The van der Waals surface area contributed by atoms with Gasteiger partial charge in [-0.3, -0.25) is 0 Å². The zero-order chi connectivity index (χ0) is 15.2. The molecule has 0 aliphatic rings. The van der Waals surface area contributed by atoms with Crippen molar-refractivity contribution in [3.05, 3.63) is 29.8 Å². The van der Waals surface area contributed by atoms with Crippen LogP contribution in [0.4, 0.5) is 0 Å². The van der Waals surface area contributed by atoms with Gasteiger partial charge in [-0.05, 0) is 50.4 Å². The highest BCUT2D eigenvalue weighted by molar-refractivity contribution is 7.91. The Labute approximate surface area is 123 Å². The molecule has 0 heterocycles. The lowest BCUT2D eigenvalue weighted by atomic mass is 10.0. The molecule has 1 aromatic carbocycles. The smallest absolute Gasteiger partial charge is 0.178 e. The first kappa shape index (κ1) is 17.2. The highest BCUT2D eigenvalue weighted by Crippen LogP contribution is 2.19. The Morgan fingerprint density at radius 2 is 1.65 bits per heavy atom. The third kappa shape index (κ3) is 5.25. The van der Waals surface area contributed by atoms with Crippen LogP contribution in [0.1, 0.15) is 51.5 Å². The minimum absolute atomic E-state index is 0.241. The van der Waals surface area contributed by atoms with Gasteiger partial charge in [-0.25, -0.2) is 8.42 Å². The van der Waals surface area contributed by atoms with Gasteiger partial charge in [0.2, 0.25) is 0 Å². The minimum Gasteiger partial charge on any atom is -0.317 e. The molecule has 0 fully saturated rings. The lowest BCUT2D eigenvalue weighted by Gasteiger charge is -2.10. The molecule has 0 bridgehead atoms. The van der Waals surface area contributed by atoms with Crippen LogP contribution in [0.2, 0.25) is 0 Å². The standard InChI is InChI=1S/C16H27NO2S/c1-13(2)15-8-10-16(11-9-15)20(18,19)12-6-5-7-14(3)17-4/h8-11,13-14,17H,5-7,12H2,1-4H3. The molecule has 4 heteroatoms. The Kier molecular flexibility index (Phi) is 6.69. The molecule has 0 saturated heterocycles. The molecule has 0 saturated carbocycles. The Hall–Kier alpha value is -0.870. The van der Waals surface area contributed by atoms with Crippen LogP contribution in [0.25, 0.3) is 0 Å². The number of sulfone groups is 1. The van der Waals surface area contributed by atoms with Gasteiger partial charge in [0.15, 0.2) is 9.84 Å². The zero-order valence-corrected chi connectivity index (χ0v) is 13.8. The van der Waals surface area contributed by atoms with Gasteiger partial charge in [0, 0.05) is 6.04 Å². The second kappa shape index (κ2) is 7.79. The first-order valence-corrected chi connectivity index (χ1v) is 9.02. The first-order valence-electron chi connectivity index (χ1n) is 7.37. The molecule has 1 N–H and O–H groups in total. The summed E-state index contributed by atoms with van der Waals surface area (Å²) in [6.45, 7) is 6.32. The van der Waals surface area contributed by atoms with Crippen LogP contribution < -0.4 is 5.32 Å². The van der Waals surface area contributed by atoms with E-state index in [4.69, 9.17) is 0 Å². The summed E-state index contributed by atoms with van der Waals surface area (Å²) in [5, 5.41) is 3.16. The number of benzene rings is 1. The minimum atomic E-state index is -3.13. The lowest BCUT2D eigenvalue weighted by molar-refractivity contribution is 0.533. The third-order valence-electron chi connectivity index (χ3n) is 3.70. The van der Waals surface area contributed by atoms with E-state index in [9.17, 15) is 8.42 Å². The van der Waals surface area contributed by atoms with Crippen molar-refractivity contribution in [2.24, 2.45) is 0 Å². The van der Waals surface area contributed by atoms with Gasteiger partial charge < -0.3 is 5.32 Å². The van der Waals surface area contributed by atoms with E-state index in [1.54, 1.807) is 12.1 Å². The van der Waals surface area contributed by atoms with E-state index in [0.717, 1.165) is 19.3 Å². The maximum Gasteiger partial charge on any atom is 0.178 e. The quantitative estimate of drug-likeness (QED) is 0.748. The van der Waals surface area contributed by atoms with Gasteiger partial charge in [-0.2, -0.15) is 0 Å². The van der Waals surface area contributed by atoms with Gasteiger partial charge >= 0.3 is 0 Å². The van der Waals surface area contributed by atoms with E-state index in [0.29, 0.717) is 16.9 Å². The van der Waals surface area contributed by atoms with Crippen molar-refractivity contribution in [3.63, 3.8) is 0 Å². The van der Waals surface area contributed by atoms with Crippen LogP contribution >= 0.6 is 0 Å². The average Bonchev–Trinajstić information content (AvgIpc) is 2.43. The van der Waals surface area contributed by atoms with Crippen molar-refractivity contribution in [2.75, 3.05) is 12.8 Å². The van der Waals surface area contributed by atoms with E-state index >= 15 is 0 Å². The summed E-state index contributed by atoms with van der Waals surface area (Å²) in [6, 6.07) is 7.76. The van der Waals surface area contributed by atoms with E-state index in [1.807, 2.05) is 19.2 Å². The molecule has 0 amide bonds. The molecule has 0 aliphatic carbocycles. The largest absolute Gasteiger partial charge is 0.317 e. The van der Waals surface area contributed by atoms with Crippen LogP contribution in [-0.2, 0) is 9.84 Å². The summed E-state index contributed by atoms with van der Waals surface area (Å²) in [5.41, 5.74) is 1.17. The lowest BCUT2D eigenvalue weighted by Crippen LogP contribution is -2.21. The van der Waals surface area contributed by atoms with Crippen molar-refractivity contribution in [1.29, 1.82) is 0 Å². The Morgan fingerprint density at radius 3 is 2.15 bits per heavy atom. The predicted molar refractivity (Wildman–Crippen MR) is 85.0 cm³/mol. The first-order chi connectivity index (χ1) is 9.36. The number of nitrogens with one attached hydrogen (secondary N) is 1. The number of hydrogen-bond acceptors (Lipinski definition) is 3. The topological polar surface area (TPSA) is 46.2 Å². The van der Waals surface area contributed by atoms with Gasteiger partial charge in [0.1, 0.15) is 0 Å². The second-order valence-electron chi connectivity index (χ2n) is 5.73. The summed E-state index contributed by atoms with van der Waals surface area (Å²) in [4.78, 5) is 0.448. The molecule has 1 unspecified atom stereocenters. The highest BCUT2D eigenvalue weighted by Gasteiger charge is 2.14. The third-order valence-corrected chi connectivity index (χ3v) is 5.52. The second-order valence-corrected chi connectivity index (χ2v) is 7.84. The maximum atomic E-state index is 12.2. The van der Waals surface area contributed by atoms with E-state index in [-0.39, 0.29) is 5.75 Å². The monoisotopic (exact) mass is 297 g/mol. The summed E-state index contributed by atoms with van der Waals surface area (Å²) < 4.78 is 24.4. The van der Waals surface area contributed by atoms with Gasteiger partial charge in [-0.1, -0.05) is 32.4 Å². The summed E-state index contributed by atoms with van der Waals surface area (Å²) in [7, 11) is -1.20.